The summed E-state index contributed by atoms with van der Waals surface area (Å²) in [5.74, 6) is 0.180. The summed E-state index contributed by atoms with van der Waals surface area (Å²) >= 11 is 0. The van der Waals surface area contributed by atoms with E-state index in [2.05, 4.69) is 20.6 Å². The second-order valence-electron chi connectivity index (χ2n) is 3.83. The van der Waals surface area contributed by atoms with Gasteiger partial charge in [0.1, 0.15) is 18.1 Å². The molecular weight excluding hydrogens is 226 g/mol. The van der Waals surface area contributed by atoms with Crippen molar-refractivity contribution in [1.82, 2.24) is 15.3 Å². The number of hydrogen-bond acceptors (Lipinski definition) is 8. The van der Waals surface area contributed by atoms with Gasteiger partial charge in [-0.1, -0.05) is 0 Å². The standard InChI is InChI=1S/C9H15N5O3/c1-3(15)6(16)4-2-11-5-7(12-4)13-9(10)14-8(5)17/h2-3,6,8-9,14-17H,10H2,1H3,(H,12,13)/i2D. The van der Waals surface area contributed by atoms with Crippen LogP contribution in [0.1, 0.15) is 32.0 Å². The molecule has 94 valence electrons. The first kappa shape index (κ1) is 10.8. The Balaban J connectivity index is 2.44. The lowest BCUT2D eigenvalue weighted by atomic mass is 10.1. The van der Waals surface area contributed by atoms with Crippen molar-refractivity contribution >= 4 is 5.82 Å². The Hall–Kier alpha value is -1.32. The minimum Gasteiger partial charge on any atom is -0.390 e. The summed E-state index contributed by atoms with van der Waals surface area (Å²) < 4.78 is 7.63. The highest BCUT2D eigenvalue weighted by Gasteiger charge is 2.26. The summed E-state index contributed by atoms with van der Waals surface area (Å²) in [6.45, 7) is 1.38. The van der Waals surface area contributed by atoms with E-state index in [1.54, 1.807) is 0 Å². The van der Waals surface area contributed by atoms with Gasteiger partial charge in [-0.25, -0.2) is 4.98 Å². The van der Waals surface area contributed by atoms with Gasteiger partial charge in [-0.15, -0.1) is 0 Å². The van der Waals surface area contributed by atoms with E-state index in [0.29, 0.717) is 0 Å². The van der Waals surface area contributed by atoms with Gasteiger partial charge in [-0.2, -0.15) is 0 Å². The third-order valence-electron chi connectivity index (χ3n) is 2.39. The minimum absolute atomic E-state index is 0.0717. The molecular formula is C9H15N5O3. The molecule has 0 spiro atoms. The van der Waals surface area contributed by atoms with Crippen molar-refractivity contribution in [2.75, 3.05) is 5.32 Å². The van der Waals surface area contributed by atoms with Crippen molar-refractivity contribution in [2.24, 2.45) is 5.73 Å². The molecule has 0 amide bonds. The first-order valence-electron chi connectivity index (χ1n) is 5.61. The molecule has 7 N–H and O–H groups in total. The first-order valence-corrected chi connectivity index (χ1v) is 5.11. The second kappa shape index (κ2) is 4.51. The van der Waals surface area contributed by atoms with Crippen LogP contribution in [0.25, 0.3) is 0 Å². The van der Waals surface area contributed by atoms with Gasteiger partial charge in [-0.3, -0.25) is 16.0 Å². The third-order valence-corrected chi connectivity index (χ3v) is 2.39. The van der Waals surface area contributed by atoms with E-state index in [9.17, 15) is 15.3 Å². The van der Waals surface area contributed by atoms with Crippen LogP contribution in [-0.4, -0.2) is 37.7 Å². The molecule has 0 saturated carbocycles. The Kier molecular flexibility index (Phi) is 2.87. The summed E-state index contributed by atoms with van der Waals surface area (Å²) in [7, 11) is 0. The molecule has 8 nitrogen and oxygen atoms in total. The second-order valence-corrected chi connectivity index (χ2v) is 3.83. The van der Waals surface area contributed by atoms with Gasteiger partial charge in [0.15, 0.2) is 12.0 Å². The van der Waals surface area contributed by atoms with Crippen LogP contribution in [0, 0.1) is 0 Å². The molecule has 8 heteroatoms. The number of nitrogens with zero attached hydrogens (tertiary/aromatic N) is 2. The Labute approximate surface area is 98.9 Å². The smallest absolute Gasteiger partial charge is 0.154 e. The predicted molar refractivity (Wildman–Crippen MR) is 58.4 cm³/mol. The fraction of sp³-hybridized carbons (Fsp3) is 0.556. The predicted octanol–water partition coefficient (Wildman–Crippen LogP) is -1.86. The molecule has 4 atom stereocenters. The first-order chi connectivity index (χ1) is 8.40. The van der Waals surface area contributed by atoms with Crippen molar-refractivity contribution in [3.8, 4) is 0 Å². The van der Waals surface area contributed by atoms with Gasteiger partial charge in [0.25, 0.3) is 0 Å². The lowest BCUT2D eigenvalue weighted by Crippen LogP contribution is -2.50. The third kappa shape index (κ3) is 2.35. The van der Waals surface area contributed by atoms with Crippen LogP contribution >= 0.6 is 0 Å². The quantitative estimate of drug-likeness (QED) is 0.355. The maximum atomic E-state index is 9.70. The fourth-order valence-corrected chi connectivity index (χ4v) is 1.47. The van der Waals surface area contributed by atoms with Crippen molar-refractivity contribution in [3.63, 3.8) is 0 Å². The molecule has 17 heavy (non-hydrogen) atoms. The normalized spacial score (nSPS) is 27.7. The molecule has 0 saturated heterocycles. The number of fused-ring (bicyclic) bond motifs is 1. The number of nitrogens with two attached hydrogens (primary N) is 1. The van der Waals surface area contributed by atoms with E-state index in [4.69, 9.17) is 7.10 Å². The van der Waals surface area contributed by atoms with Crippen LogP contribution in [0.5, 0.6) is 0 Å². The molecule has 0 fully saturated rings. The maximum Gasteiger partial charge on any atom is 0.154 e. The molecule has 0 aromatic carbocycles. The summed E-state index contributed by atoms with van der Waals surface area (Å²) in [6.07, 6.45) is -4.55. The van der Waals surface area contributed by atoms with E-state index < -0.39 is 24.7 Å². The summed E-state index contributed by atoms with van der Waals surface area (Å²) in [5, 5.41) is 33.9. The van der Waals surface area contributed by atoms with Crippen LogP contribution in [0.2, 0.25) is 0 Å². The molecule has 1 aromatic heterocycles. The molecule has 1 aromatic rings. The van der Waals surface area contributed by atoms with Gasteiger partial charge in [0.05, 0.1) is 19.3 Å². The van der Waals surface area contributed by atoms with Crippen LogP contribution in [0.15, 0.2) is 6.17 Å². The highest BCUT2D eigenvalue weighted by Crippen LogP contribution is 2.24. The SMILES string of the molecule is [2H]c1nc2c(nc1C(O)C(C)O)NC(N)NC2O. The monoisotopic (exact) mass is 242 g/mol. The van der Waals surface area contributed by atoms with Gasteiger partial charge in [0, 0.05) is 0 Å². The highest BCUT2D eigenvalue weighted by molar-refractivity contribution is 5.44. The molecule has 4 unspecified atom stereocenters. The number of aliphatic hydroxyl groups excluding tert-OH is 3. The number of aromatic nitrogens is 2. The molecule has 2 rings (SSSR count). The number of nitrogens with one attached hydrogen (secondary N) is 2. The van der Waals surface area contributed by atoms with Gasteiger partial charge in [-0.05, 0) is 6.92 Å². The van der Waals surface area contributed by atoms with E-state index in [1.165, 1.54) is 6.92 Å². The van der Waals surface area contributed by atoms with Gasteiger partial charge >= 0.3 is 0 Å². The topological polar surface area (TPSA) is 137 Å². The Morgan fingerprint density at radius 2 is 2.29 bits per heavy atom. The van der Waals surface area contributed by atoms with Crippen LogP contribution in [0.3, 0.4) is 0 Å². The summed E-state index contributed by atoms with van der Waals surface area (Å²) in [5.41, 5.74) is 5.61. The number of hydrogen-bond donors (Lipinski definition) is 6. The van der Waals surface area contributed by atoms with Gasteiger partial charge in [0.2, 0.25) is 0 Å². The number of rotatable bonds is 2. The summed E-state index contributed by atoms with van der Waals surface area (Å²) in [6, 6.07) is 0. The van der Waals surface area contributed by atoms with E-state index in [1.807, 2.05) is 0 Å². The zero-order valence-electron chi connectivity index (χ0n) is 10.1. The molecule has 2 heterocycles. The van der Waals surface area contributed by atoms with Gasteiger partial charge < -0.3 is 20.6 Å². The number of anilines is 1. The molecule has 0 bridgehead atoms. The minimum atomic E-state index is -1.32. The van der Waals surface area contributed by atoms with Crippen molar-refractivity contribution in [2.45, 2.75) is 31.6 Å². The molecule has 1 aliphatic rings. The molecule has 0 radical (unpaired) electrons. The average Bonchev–Trinajstić information content (AvgIpc) is 2.28. The van der Waals surface area contributed by atoms with Crippen molar-refractivity contribution in [3.05, 3.63) is 17.6 Å². The average molecular weight is 242 g/mol. The molecule has 0 aliphatic carbocycles. The lowest BCUT2D eigenvalue weighted by molar-refractivity contribution is 0.0274. The Morgan fingerprint density at radius 1 is 1.59 bits per heavy atom. The zero-order valence-corrected chi connectivity index (χ0v) is 9.12. The summed E-state index contributed by atoms with van der Waals surface area (Å²) in [4.78, 5) is 7.82. The van der Waals surface area contributed by atoms with Crippen molar-refractivity contribution < 1.29 is 16.7 Å². The largest absolute Gasteiger partial charge is 0.390 e. The fourth-order valence-electron chi connectivity index (χ4n) is 1.47. The Bertz CT molecular complexity index is 458. The van der Waals surface area contributed by atoms with E-state index >= 15 is 0 Å². The van der Waals surface area contributed by atoms with Crippen molar-refractivity contribution in [1.29, 1.82) is 0 Å². The van der Waals surface area contributed by atoms with E-state index in [0.717, 1.165) is 0 Å². The van der Waals surface area contributed by atoms with Crippen LogP contribution in [0.4, 0.5) is 5.82 Å². The maximum absolute atomic E-state index is 9.70. The lowest BCUT2D eigenvalue weighted by Gasteiger charge is -2.28. The number of aliphatic hydroxyl groups is 3. The molecule has 1 aliphatic heterocycles. The van der Waals surface area contributed by atoms with E-state index in [-0.39, 0.29) is 23.4 Å². The van der Waals surface area contributed by atoms with Crippen LogP contribution < -0.4 is 16.4 Å². The highest BCUT2D eigenvalue weighted by atomic mass is 16.3. The van der Waals surface area contributed by atoms with Crippen LogP contribution in [-0.2, 0) is 0 Å². The Morgan fingerprint density at radius 3 is 2.94 bits per heavy atom. The zero-order chi connectivity index (χ0) is 13.4.